The van der Waals surface area contributed by atoms with Crippen LogP contribution in [0, 0.1) is 11.7 Å². The van der Waals surface area contributed by atoms with Gasteiger partial charge in [-0.15, -0.1) is 0 Å². The number of nitrogens with zero attached hydrogens (tertiary/aromatic N) is 4. The molecule has 1 amide bonds. The maximum atomic E-state index is 14.5. The third-order valence-corrected chi connectivity index (χ3v) is 6.73. The molecule has 0 atom stereocenters. The van der Waals surface area contributed by atoms with Crippen LogP contribution in [0.25, 0.3) is 0 Å². The molecule has 7 nitrogen and oxygen atoms in total. The minimum atomic E-state index is -0.393. The van der Waals surface area contributed by atoms with E-state index in [-0.39, 0.29) is 12.3 Å². The molecule has 1 saturated heterocycles. The van der Waals surface area contributed by atoms with Gasteiger partial charge < -0.3 is 19.4 Å². The number of aromatic nitrogens is 2. The maximum absolute atomic E-state index is 14.5. The second-order valence-electron chi connectivity index (χ2n) is 10.8. The molecule has 1 N–H and O–H groups in total. The molecular formula is C28H43FN5O2+. The van der Waals surface area contributed by atoms with Crippen molar-refractivity contribution in [3.63, 3.8) is 0 Å². The van der Waals surface area contributed by atoms with Crippen LogP contribution >= 0.6 is 0 Å². The highest BCUT2D eigenvalue weighted by Crippen LogP contribution is 2.25. The van der Waals surface area contributed by atoms with E-state index < -0.39 is 5.82 Å². The minimum absolute atomic E-state index is 0.0446. The predicted octanol–water partition coefficient (Wildman–Crippen LogP) is 4.01. The summed E-state index contributed by atoms with van der Waals surface area (Å²) in [6.45, 7) is 6.21. The van der Waals surface area contributed by atoms with Crippen molar-refractivity contribution in [3.05, 3.63) is 47.5 Å². The lowest BCUT2D eigenvalue weighted by Gasteiger charge is -2.32. The topological polar surface area (TPSA) is 67.4 Å². The Kier molecular flexibility index (Phi) is 10.5. The fourth-order valence-corrected chi connectivity index (χ4v) is 4.46. The van der Waals surface area contributed by atoms with Gasteiger partial charge in [0.15, 0.2) is 0 Å². The number of carbonyl (C=O) groups is 1. The van der Waals surface area contributed by atoms with Crippen LogP contribution < -0.4 is 15.0 Å². The summed E-state index contributed by atoms with van der Waals surface area (Å²) in [5, 5.41) is 2.88. The van der Waals surface area contributed by atoms with Crippen LogP contribution in [0.3, 0.4) is 0 Å². The molecule has 2 aromatic rings. The van der Waals surface area contributed by atoms with Crippen LogP contribution in [0.1, 0.15) is 50.2 Å². The van der Waals surface area contributed by atoms with Crippen molar-refractivity contribution < 1.29 is 18.4 Å². The molecule has 8 heteroatoms. The van der Waals surface area contributed by atoms with Gasteiger partial charge in [0.2, 0.25) is 11.9 Å². The molecule has 1 fully saturated rings. The molecule has 0 radical (unpaired) electrons. The molecule has 3 rings (SSSR count). The lowest BCUT2D eigenvalue weighted by molar-refractivity contribution is -0.870. The average Bonchev–Trinajstić information content (AvgIpc) is 2.86. The normalized spacial score (nSPS) is 14.6. The molecule has 1 aromatic carbocycles. The predicted molar refractivity (Wildman–Crippen MR) is 142 cm³/mol. The number of nitrogens with one attached hydrogen (secondary N) is 1. The summed E-state index contributed by atoms with van der Waals surface area (Å²) < 4.78 is 21.1. The third-order valence-electron chi connectivity index (χ3n) is 6.73. The first kappa shape index (κ1) is 27.8. The van der Waals surface area contributed by atoms with Gasteiger partial charge in [0.25, 0.3) is 0 Å². The zero-order chi connectivity index (χ0) is 26.0. The zero-order valence-corrected chi connectivity index (χ0v) is 22.4. The summed E-state index contributed by atoms with van der Waals surface area (Å²) in [7, 11) is 6.36. The number of piperidine rings is 1. The van der Waals surface area contributed by atoms with Crippen molar-refractivity contribution in [2.45, 2.75) is 51.9 Å². The summed E-state index contributed by atoms with van der Waals surface area (Å²) in [6, 6.07) is 4.80. The summed E-state index contributed by atoms with van der Waals surface area (Å²) in [4.78, 5) is 23.4. The monoisotopic (exact) mass is 500 g/mol. The lowest BCUT2D eigenvalue weighted by Crippen LogP contribution is -2.37. The quantitative estimate of drug-likeness (QED) is 0.333. The number of amides is 1. The number of aryl methyl sites for hydroxylation is 1. The molecule has 2 heterocycles. The first-order valence-corrected chi connectivity index (χ1v) is 13.3. The highest BCUT2D eigenvalue weighted by Gasteiger charge is 2.20. The van der Waals surface area contributed by atoms with E-state index in [2.05, 4.69) is 48.3 Å². The standard InChI is InChI=1S/C28H42FN5O2/c1-5-22-20-31-28(32-21-22)33-14-11-23(12-15-33)8-6-17-36-25-10-9-24(26(29)19-25)18-27(35)30-13-7-16-34(2,3)4/h9-10,19-21,23H,5-8,11-18H2,1-4H3/p+1. The Bertz CT molecular complexity index is 953. The van der Waals surface area contributed by atoms with Crippen LogP contribution in [-0.2, 0) is 17.6 Å². The second kappa shape index (κ2) is 13.5. The minimum Gasteiger partial charge on any atom is -0.493 e. The van der Waals surface area contributed by atoms with Gasteiger partial charge in [0.05, 0.1) is 40.7 Å². The van der Waals surface area contributed by atoms with Gasteiger partial charge in [-0.25, -0.2) is 14.4 Å². The van der Waals surface area contributed by atoms with Crippen molar-refractivity contribution in [3.8, 4) is 5.75 Å². The number of rotatable bonds is 13. The molecule has 0 aliphatic carbocycles. The molecule has 1 aliphatic heterocycles. The van der Waals surface area contributed by atoms with E-state index in [1.807, 2.05) is 12.4 Å². The van der Waals surface area contributed by atoms with Gasteiger partial charge in [-0.2, -0.15) is 0 Å². The maximum Gasteiger partial charge on any atom is 0.225 e. The molecular weight excluding hydrogens is 457 g/mol. The highest BCUT2D eigenvalue weighted by molar-refractivity contribution is 5.78. The van der Waals surface area contributed by atoms with Crippen molar-refractivity contribution in [1.29, 1.82) is 0 Å². The Morgan fingerprint density at radius 1 is 1.17 bits per heavy atom. The summed E-state index contributed by atoms with van der Waals surface area (Å²) in [5.41, 5.74) is 1.56. The molecule has 1 aromatic heterocycles. The number of ether oxygens (including phenoxy) is 1. The van der Waals surface area contributed by atoms with E-state index in [1.165, 1.54) is 6.07 Å². The molecule has 0 bridgehead atoms. The van der Waals surface area contributed by atoms with E-state index in [0.29, 0.717) is 30.4 Å². The first-order valence-electron chi connectivity index (χ1n) is 13.3. The zero-order valence-electron chi connectivity index (χ0n) is 22.4. The largest absolute Gasteiger partial charge is 0.493 e. The molecule has 36 heavy (non-hydrogen) atoms. The van der Waals surface area contributed by atoms with Gasteiger partial charge in [-0.3, -0.25) is 4.79 Å². The second-order valence-corrected chi connectivity index (χ2v) is 10.8. The van der Waals surface area contributed by atoms with E-state index in [0.717, 1.165) is 74.2 Å². The Morgan fingerprint density at radius 3 is 2.53 bits per heavy atom. The lowest BCUT2D eigenvalue weighted by atomic mass is 9.92. The molecule has 0 unspecified atom stereocenters. The number of hydrogen-bond acceptors (Lipinski definition) is 5. The summed E-state index contributed by atoms with van der Waals surface area (Å²) >= 11 is 0. The Balaban J connectivity index is 1.31. The van der Waals surface area contributed by atoms with Crippen LogP contribution in [0.5, 0.6) is 5.75 Å². The van der Waals surface area contributed by atoms with Crippen LogP contribution in [0.4, 0.5) is 10.3 Å². The van der Waals surface area contributed by atoms with Crippen molar-refractivity contribution in [2.24, 2.45) is 5.92 Å². The highest BCUT2D eigenvalue weighted by atomic mass is 19.1. The van der Waals surface area contributed by atoms with Crippen molar-refractivity contribution >= 4 is 11.9 Å². The van der Waals surface area contributed by atoms with E-state index in [1.54, 1.807) is 12.1 Å². The first-order chi connectivity index (χ1) is 17.2. The van der Waals surface area contributed by atoms with Crippen molar-refractivity contribution in [1.82, 2.24) is 15.3 Å². The average molecular weight is 501 g/mol. The summed E-state index contributed by atoms with van der Waals surface area (Å²) in [5.74, 6) is 1.47. The Labute approximate surface area is 215 Å². The SMILES string of the molecule is CCc1cnc(N2CCC(CCCOc3ccc(CC(=O)NCCC[N+](C)(C)C)c(F)c3)CC2)nc1. The Morgan fingerprint density at radius 2 is 1.89 bits per heavy atom. The summed E-state index contributed by atoms with van der Waals surface area (Å²) in [6.07, 6.45) is 10.0. The molecule has 1 aliphatic rings. The molecule has 0 spiro atoms. The fourth-order valence-electron chi connectivity index (χ4n) is 4.46. The van der Waals surface area contributed by atoms with Crippen LogP contribution in [0.2, 0.25) is 0 Å². The number of quaternary nitrogens is 1. The number of hydrogen-bond donors (Lipinski definition) is 1. The van der Waals surface area contributed by atoms with E-state index in [4.69, 9.17) is 4.74 Å². The van der Waals surface area contributed by atoms with Crippen LogP contribution in [0.15, 0.2) is 30.6 Å². The van der Waals surface area contributed by atoms with E-state index >= 15 is 0 Å². The number of benzene rings is 1. The van der Waals surface area contributed by atoms with E-state index in [9.17, 15) is 9.18 Å². The van der Waals surface area contributed by atoms with Gasteiger partial charge in [0, 0.05) is 44.5 Å². The number of halogens is 1. The van der Waals surface area contributed by atoms with Gasteiger partial charge in [-0.1, -0.05) is 13.0 Å². The van der Waals surface area contributed by atoms with Crippen LogP contribution in [-0.4, -0.2) is 74.3 Å². The number of carbonyl (C=O) groups excluding carboxylic acids is 1. The molecule has 198 valence electrons. The third kappa shape index (κ3) is 9.37. The Hall–Kier alpha value is -2.74. The molecule has 0 saturated carbocycles. The van der Waals surface area contributed by atoms with Gasteiger partial charge in [0.1, 0.15) is 11.6 Å². The van der Waals surface area contributed by atoms with Crippen molar-refractivity contribution in [2.75, 3.05) is 58.8 Å². The number of anilines is 1. The smallest absolute Gasteiger partial charge is 0.225 e. The van der Waals surface area contributed by atoms with Gasteiger partial charge >= 0.3 is 0 Å². The van der Waals surface area contributed by atoms with Gasteiger partial charge in [-0.05, 0) is 55.2 Å². The fraction of sp³-hybridized carbons (Fsp3) is 0.607.